The summed E-state index contributed by atoms with van der Waals surface area (Å²) >= 11 is 0. The van der Waals surface area contributed by atoms with Gasteiger partial charge in [0, 0.05) is 0 Å². The molecule has 0 bridgehead atoms. The lowest BCUT2D eigenvalue weighted by Crippen LogP contribution is -2.86. The summed E-state index contributed by atoms with van der Waals surface area (Å²) in [5, 5.41) is 22.9. The predicted octanol–water partition coefficient (Wildman–Crippen LogP) is -3.11. The fraction of sp³-hybridized carbons (Fsp3) is 1.00. The van der Waals surface area contributed by atoms with Gasteiger partial charge in [0.2, 0.25) is 0 Å². The topological polar surface area (TPSA) is 82.9 Å². The molecule has 0 unspecified atom stereocenters. The van der Waals surface area contributed by atoms with E-state index in [-0.39, 0.29) is 0 Å². The average molecular weight is 222 g/mol. The molecule has 6 N–H and O–H groups in total. The molecule has 0 spiro atoms. The van der Waals surface area contributed by atoms with Gasteiger partial charge in [0.25, 0.3) is 0 Å². The van der Waals surface area contributed by atoms with Crippen LogP contribution in [0.3, 0.4) is 0 Å². The lowest BCUT2D eigenvalue weighted by molar-refractivity contribution is -0.659. The lowest BCUT2D eigenvalue weighted by atomic mass is 10.3. The maximum atomic E-state index is 9.42. The maximum Gasteiger partial charge on any atom is 0.126 e. The third kappa shape index (κ3) is 10.1. The summed E-state index contributed by atoms with van der Waals surface area (Å²) in [6, 6.07) is 0. The Labute approximate surface area is 91.8 Å². The first-order valence-electron chi connectivity index (χ1n) is 5.77. The Hall–Kier alpha value is -0.200. The van der Waals surface area contributed by atoms with Gasteiger partial charge < -0.3 is 25.6 Å². The van der Waals surface area contributed by atoms with Gasteiger partial charge in [-0.15, -0.1) is 0 Å². The summed E-state index contributed by atoms with van der Waals surface area (Å²) < 4.78 is 5.21. The minimum atomic E-state index is -0.438. The summed E-state index contributed by atoms with van der Waals surface area (Å²) in [6.45, 7) is 7.94. The van der Waals surface area contributed by atoms with Gasteiger partial charge in [-0.3, -0.25) is 0 Å². The van der Waals surface area contributed by atoms with Crippen LogP contribution in [0, 0.1) is 0 Å². The summed E-state index contributed by atoms with van der Waals surface area (Å²) in [5.41, 5.74) is 0. The quantitative estimate of drug-likeness (QED) is 0.316. The molecule has 0 heterocycles. The van der Waals surface area contributed by atoms with Crippen LogP contribution in [0.4, 0.5) is 0 Å². The molecule has 5 heteroatoms. The highest BCUT2D eigenvalue weighted by molar-refractivity contribution is 4.52. The highest BCUT2D eigenvalue weighted by Gasteiger charge is 2.09. The van der Waals surface area contributed by atoms with Crippen LogP contribution in [0.25, 0.3) is 0 Å². The van der Waals surface area contributed by atoms with Crippen LogP contribution in [0.1, 0.15) is 13.8 Å². The summed E-state index contributed by atoms with van der Waals surface area (Å²) in [6.07, 6.45) is -0.875. The smallest absolute Gasteiger partial charge is 0.126 e. The van der Waals surface area contributed by atoms with Crippen molar-refractivity contribution >= 4 is 0 Å². The van der Waals surface area contributed by atoms with Crippen molar-refractivity contribution in [3.63, 3.8) is 0 Å². The number of aliphatic hydroxyl groups excluding tert-OH is 2. The van der Waals surface area contributed by atoms with E-state index in [4.69, 9.17) is 4.74 Å². The number of aliphatic hydroxyl groups is 2. The van der Waals surface area contributed by atoms with Crippen molar-refractivity contribution in [3.05, 3.63) is 0 Å². The summed E-state index contributed by atoms with van der Waals surface area (Å²) in [7, 11) is 0. The van der Waals surface area contributed by atoms with Gasteiger partial charge >= 0.3 is 0 Å². The molecule has 0 aromatic heterocycles. The van der Waals surface area contributed by atoms with Gasteiger partial charge in [0.1, 0.15) is 25.3 Å². The minimum Gasteiger partial charge on any atom is -0.385 e. The molecule has 0 saturated heterocycles. The van der Waals surface area contributed by atoms with Crippen LogP contribution in [0.15, 0.2) is 0 Å². The van der Waals surface area contributed by atoms with Gasteiger partial charge in [-0.2, -0.15) is 0 Å². The molecule has 15 heavy (non-hydrogen) atoms. The third-order valence-electron chi connectivity index (χ3n) is 2.08. The van der Waals surface area contributed by atoms with Crippen molar-refractivity contribution < 1.29 is 25.6 Å². The van der Waals surface area contributed by atoms with Gasteiger partial charge in [0.15, 0.2) is 0 Å². The first-order chi connectivity index (χ1) is 7.20. The van der Waals surface area contributed by atoms with E-state index >= 15 is 0 Å². The van der Waals surface area contributed by atoms with Crippen LogP contribution >= 0.6 is 0 Å². The number of quaternary nitrogens is 2. The van der Waals surface area contributed by atoms with E-state index in [1.165, 1.54) is 0 Å². The molecule has 0 rings (SSSR count). The van der Waals surface area contributed by atoms with E-state index < -0.39 is 12.2 Å². The van der Waals surface area contributed by atoms with Gasteiger partial charge in [-0.1, -0.05) is 0 Å². The maximum absolute atomic E-state index is 9.42. The molecule has 0 aliphatic heterocycles. The fourth-order valence-electron chi connectivity index (χ4n) is 1.19. The van der Waals surface area contributed by atoms with Gasteiger partial charge in [-0.05, 0) is 13.8 Å². The van der Waals surface area contributed by atoms with Crippen LogP contribution in [-0.4, -0.2) is 61.8 Å². The molecule has 2 atom stereocenters. The minimum absolute atomic E-state index is 0.305. The zero-order chi connectivity index (χ0) is 11.5. The predicted molar refractivity (Wildman–Crippen MR) is 57.5 cm³/mol. The van der Waals surface area contributed by atoms with Crippen LogP contribution in [0.2, 0.25) is 0 Å². The number of ether oxygens (including phenoxy) is 1. The summed E-state index contributed by atoms with van der Waals surface area (Å²) in [5.74, 6) is 0. The zero-order valence-corrected chi connectivity index (χ0v) is 9.85. The fourth-order valence-corrected chi connectivity index (χ4v) is 1.19. The number of hydrogen-bond donors (Lipinski definition) is 4. The Kier molecular flexibility index (Phi) is 10.2. The SMILES string of the molecule is CC[NH2+]C[C@@H](O)COC[C@@H](O)C[NH2+]CC. The van der Waals surface area contributed by atoms with Crippen molar-refractivity contribution in [2.45, 2.75) is 26.1 Å². The van der Waals surface area contributed by atoms with E-state index in [2.05, 4.69) is 0 Å². The normalized spacial score (nSPS) is 15.2. The van der Waals surface area contributed by atoms with Crippen molar-refractivity contribution in [2.75, 3.05) is 39.4 Å². The summed E-state index contributed by atoms with van der Waals surface area (Å²) in [4.78, 5) is 0. The van der Waals surface area contributed by atoms with Crippen LogP contribution in [-0.2, 0) is 4.74 Å². The van der Waals surface area contributed by atoms with Gasteiger partial charge in [0.05, 0.1) is 26.3 Å². The molecular formula is C10H26N2O3+2. The Morgan fingerprint density at radius 2 is 1.33 bits per heavy atom. The van der Waals surface area contributed by atoms with E-state index in [0.717, 1.165) is 13.1 Å². The molecule has 92 valence electrons. The number of nitrogens with two attached hydrogens (primary N) is 2. The van der Waals surface area contributed by atoms with Crippen LogP contribution < -0.4 is 10.6 Å². The number of hydrogen-bond acceptors (Lipinski definition) is 3. The van der Waals surface area contributed by atoms with E-state index in [1.807, 2.05) is 24.5 Å². The second-order valence-electron chi connectivity index (χ2n) is 3.71. The van der Waals surface area contributed by atoms with Gasteiger partial charge in [-0.25, -0.2) is 0 Å². The van der Waals surface area contributed by atoms with E-state index in [0.29, 0.717) is 26.3 Å². The average Bonchev–Trinajstić information content (AvgIpc) is 2.23. The second kappa shape index (κ2) is 10.3. The van der Waals surface area contributed by atoms with Crippen LogP contribution in [0.5, 0.6) is 0 Å². The first-order valence-corrected chi connectivity index (χ1v) is 5.77. The Bertz CT molecular complexity index is 122. The number of likely N-dealkylation sites (N-methyl/N-ethyl adjacent to an activating group) is 2. The van der Waals surface area contributed by atoms with Crippen molar-refractivity contribution in [3.8, 4) is 0 Å². The molecule has 0 aromatic rings. The standard InChI is InChI=1S/C10H24N2O3/c1-3-11-5-9(13)7-15-8-10(14)6-12-4-2/h9-14H,3-8H2,1-2H3/p+2/t9-,10+. The molecule has 0 aromatic carbocycles. The molecular weight excluding hydrogens is 196 g/mol. The zero-order valence-electron chi connectivity index (χ0n) is 9.85. The van der Waals surface area contributed by atoms with E-state index in [9.17, 15) is 10.2 Å². The molecule has 0 aliphatic carbocycles. The molecule has 0 radical (unpaired) electrons. The molecule has 0 fully saturated rings. The second-order valence-corrected chi connectivity index (χ2v) is 3.71. The highest BCUT2D eigenvalue weighted by Crippen LogP contribution is 1.85. The monoisotopic (exact) mass is 222 g/mol. The molecule has 5 nitrogen and oxygen atoms in total. The van der Waals surface area contributed by atoms with Crippen molar-refractivity contribution in [2.24, 2.45) is 0 Å². The largest absolute Gasteiger partial charge is 0.385 e. The molecule has 0 aliphatic rings. The number of rotatable bonds is 10. The molecule has 0 amide bonds. The third-order valence-corrected chi connectivity index (χ3v) is 2.08. The highest BCUT2D eigenvalue weighted by atomic mass is 16.5. The van der Waals surface area contributed by atoms with Crippen molar-refractivity contribution in [1.29, 1.82) is 0 Å². The van der Waals surface area contributed by atoms with Crippen molar-refractivity contribution in [1.82, 2.24) is 0 Å². The first kappa shape index (κ1) is 14.8. The Morgan fingerprint density at radius 3 is 1.67 bits per heavy atom. The lowest BCUT2D eigenvalue weighted by Gasteiger charge is -2.12. The Morgan fingerprint density at radius 1 is 0.933 bits per heavy atom. The molecule has 0 saturated carbocycles. The Balaban J connectivity index is 3.27. The van der Waals surface area contributed by atoms with E-state index in [1.54, 1.807) is 0 Å².